The third kappa shape index (κ3) is 5.49. The molecule has 19 heavy (non-hydrogen) atoms. The molecular formula is C15H17NOS2. The highest BCUT2D eigenvalue weighted by atomic mass is 32.2. The van der Waals surface area contributed by atoms with E-state index in [1.807, 2.05) is 47.5 Å². The highest BCUT2D eigenvalue weighted by Gasteiger charge is 2.03. The van der Waals surface area contributed by atoms with E-state index in [4.69, 9.17) is 0 Å². The van der Waals surface area contributed by atoms with Crippen LogP contribution < -0.4 is 5.32 Å². The molecule has 0 bridgehead atoms. The number of rotatable bonds is 7. The van der Waals surface area contributed by atoms with Crippen molar-refractivity contribution >= 4 is 29.0 Å². The number of hydrogen-bond acceptors (Lipinski definition) is 3. The average molecular weight is 291 g/mol. The van der Waals surface area contributed by atoms with Gasteiger partial charge in [0.15, 0.2) is 0 Å². The van der Waals surface area contributed by atoms with Gasteiger partial charge in [0.2, 0.25) is 5.91 Å². The molecule has 0 atom stereocenters. The monoisotopic (exact) mass is 291 g/mol. The smallest absolute Gasteiger partial charge is 0.225 e. The van der Waals surface area contributed by atoms with Crippen LogP contribution in [-0.4, -0.2) is 18.2 Å². The van der Waals surface area contributed by atoms with E-state index in [0.717, 1.165) is 23.6 Å². The van der Waals surface area contributed by atoms with Gasteiger partial charge >= 0.3 is 0 Å². The fraction of sp³-hybridized carbons (Fsp3) is 0.267. The van der Waals surface area contributed by atoms with E-state index in [9.17, 15) is 4.79 Å². The van der Waals surface area contributed by atoms with Gasteiger partial charge in [-0.3, -0.25) is 4.79 Å². The average Bonchev–Trinajstić information content (AvgIpc) is 2.92. The molecule has 0 fully saturated rings. The molecule has 0 saturated heterocycles. The summed E-state index contributed by atoms with van der Waals surface area (Å²) in [6, 6.07) is 14.3. The molecule has 0 radical (unpaired) electrons. The van der Waals surface area contributed by atoms with Crippen LogP contribution in [0.1, 0.15) is 11.3 Å². The van der Waals surface area contributed by atoms with Crippen LogP contribution in [0, 0.1) is 0 Å². The van der Waals surface area contributed by atoms with E-state index in [2.05, 4.69) is 17.4 Å². The van der Waals surface area contributed by atoms with Crippen molar-refractivity contribution in [2.75, 3.05) is 12.3 Å². The van der Waals surface area contributed by atoms with E-state index >= 15 is 0 Å². The lowest BCUT2D eigenvalue weighted by atomic mass is 10.3. The molecule has 0 unspecified atom stereocenters. The van der Waals surface area contributed by atoms with Gasteiger partial charge in [-0.1, -0.05) is 24.3 Å². The van der Waals surface area contributed by atoms with Gasteiger partial charge in [0.1, 0.15) is 0 Å². The minimum atomic E-state index is 0.118. The Balaban J connectivity index is 1.56. The van der Waals surface area contributed by atoms with Crippen LogP contribution in [0.4, 0.5) is 0 Å². The molecule has 1 N–H and O–H groups in total. The predicted molar refractivity (Wildman–Crippen MR) is 82.8 cm³/mol. The molecule has 2 rings (SSSR count). The molecule has 100 valence electrons. The van der Waals surface area contributed by atoms with Crippen molar-refractivity contribution in [1.82, 2.24) is 5.32 Å². The number of amides is 1. The molecule has 1 heterocycles. The van der Waals surface area contributed by atoms with E-state index < -0.39 is 0 Å². The van der Waals surface area contributed by atoms with Gasteiger partial charge in [-0.2, -0.15) is 0 Å². The number of thiophene rings is 1. The Bertz CT molecular complexity index is 482. The van der Waals surface area contributed by atoms with Gasteiger partial charge in [0.05, 0.1) is 6.42 Å². The van der Waals surface area contributed by atoms with Gasteiger partial charge in [-0.25, -0.2) is 0 Å². The Morgan fingerprint density at radius 2 is 2.00 bits per heavy atom. The predicted octanol–water partition coefficient (Wildman–Crippen LogP) is 3.59. The number of nitrogens with one attached hydrogen (secondary N) is 1. The van der Waals surface area contributed by atoms with Gasteiger partial charge in [-0.05, 0) is 35.8 Å². The topological polar surface area (TPSA) is 29.1 Å². The number of carbonyl (C=O) groups excluding carboxylic acids is 1. The minimum Gasteiger partial charge on any atom is -0.356 e. The summed E-state index contributed by atoms with van der Waals surface area (Å²) < 4.78 is 0. The lowest BCUT2D eigenvalue weighted by Gasteiger charge is -2.04. The first-order valence-electron chi connectivity index (χ1n) is 6.31. The summed E-state index contributed by atoms with van der Waals surface area (Å²) in [5, 5.41) is 4.96. The Hall–Kier alpha value is -1.26. The second-order valence-electron chi connectivity index (χ2n) is 4.12. The van der Waals surface area contributed by atoms with E-state index in [1.54, 1.807) is 11.3 Å². The van der Waals surface area contributed by atoms with E-state index in [0.29, 0.717) is 6.42 Å². The van der Waals surface area contributed by atoms with Gasteiger partial charge in [0.25, 0.3) is 0 Å². The normalized spacial score (nSPS) is 10.3. The Morgan fingerprint density at radius 1 is 1.16 bits per heavy atom. The molecule has 1 amide bonds. The molecule has 4 heteroatoms. The molecule has 0 aliphatic heterocycles. The SMILES string of the molecule is O=C(Cc1cccs1)NCCCSc1ccccc1. The maximum absolute atomic E-state index is 11.6. The molecule has 0 spiro atoms. The van der Waals surface area contributed by atoms with Crippen molar-refractivity contribution < 1.29 is 4.79 Å². The van der Waals surface area contributed by atoms with E-state index in [-0.39, 0.29) is 5.91 Å². The fourth-order valence-electron chi connectivity index (χ4n) is 1.64. The molecular weight excluding hydrogens is 274 g/mol. The number of thioether (sulfide) groups is 1. The zero-order valence-electron chi connectivity index (χ0n) is 10.7. The first kappa shape index (κ1) is 14.2. The largest absolute Gasteiger partial charge is 0.356 e. The molecule has 1 aromatic carbocycles. The first-order valence-corrected chi connectivity index (χ1v) is 8.18. The summed E-state index contributed by atoms with van der Waals surface area (Å²) in [5.74, 6) is 1.15. The zero-order valence-corrected chi connectivity index (χ0v) is 12.3. The van der Waals surface area contributed by atoms with Crippen LogP contribution in [-0.2, 0) is 11.2 Å². The maximum Gasteiger partial charge on any atom is 0.225 e. The quantitative estimate of drug-likeness (QED) is 0.624. The minimum absolute atomic E-state index is 0.118. The van der Waals surface area contributed by atoms with Crippen LogP contribution in [0.15, 0.2) is 52.7 Å². The molecule has 1 aromatic heterocycles. The second-order valence-corrected chi connectivity index (χ2v) is 6.32. The molecule has 2 aromatic rings. The van der Waals surface area contributed by atoms with Crippen molar-refractivity contribution in [3.63, 3.8) is 0 Å². The number of carbonyl (C=O) groups is 1. The molecule has 0 aliphatic rings. The number of hydrogen-bond donors (Lipinski definition) is 1. The van der Waals surface area contributed by atoms with Crippen molar-refractivity contribution in [3.05, 3.63) is 52.7 Å². The van der Waals surface area contributed by atoms with Crippen molar-refractivity contribution in [3.8, 4) is 0 Å². The van der Waals surface area contributed by atoms with Crippen LogP contribution in [0.2, 0.25) is 0 Å². The van der Waals surface area contributed by atoms with Crippen LogP contribution in [0.3, 0.4) is 0 Å². The molecule has 0 saturated carbocycles. The fourth-order valence-corrected chi connectivity index (χ4v) is 3.22. The maximum atomic E-state index is 11.6. The summed E-state index contributed by atoms with van der Waals surface area (Å²) in [6.45, 7) is 0.754. The lowest BCUT2D eigenvalue weighted by Crippen LogP contribution is -2.26. The summed E-state index contributed by atoms with van der Waals surface area (Å²) in [7, 11) is 0. The van der Waals surface area contributed by atoms with Crippen molar-refractivity contribution in [2.45, 2.75) is 17.7 Å². The van der Waals surface area contributed by atoms with Gasteiger partial charge in [0, 0.05) is 16.3 Å². The highest BCUT2D eigenvalue weighted by Crippen LogP contribution is 2.17. The third-order valence-electron chi connectivity index (χ3n) is 2.57. The van der Waals surface area contributed by atoms with Crippen LogP contribution in [0.5, 0.6) is 0 Å². The lowest BCUT2D eigenvalue weighted by molar-refractivity contribution is -0.120. The first-order chi connectivity index (χ1) is 9.34. The summed E-state index contributed by atoms with van der Waals surface area (Å²) >= 11 is 3.46. The summed E-state index contributed by atoms with van der Waals surface area (Å²) in [4.78, 5) is 14.0. The molecule has 2 nitrogen and oxygen atoms in total. The Kier molecular flexibility index (Phi) is 5.98. The standard InChI is InChI=1S/C15H17NOS2/c17-15(12-14-8-4-10-19-14)16-9-5-11-18-13-6-2-1-3-7-13/h1-4,6-8,10H,5,9,11-12H2,(H,16,17). The zero-order chi connectivity index (χ0) is 13.3. The van der Waals surface area contributed by atoms with E-state index in [1.165, 1.54) is 4.90 Å². The molecule has 0 aliphatic carbocycles. The second kappa shape index (κ2) is 8.02. The third-order valence-corrected chi connectivity index (χ3v) is 4.54. The summed E-state index contributed by atoms with van der Waals surface area (Å²) in [6.07, 6.45) is 1.50. The van der Waals surface area contributed by atoms with Crippen LogP contribution in [0.25, 0.3) is 0 Å². The van der Waals surface area contributed by atoms with Crippen molar-refractivity contribution in [1.29, 1.82) is 0 Å². The Labute approximate surface area is 122 Å². The number of benzene rings is 1. The summed E-state index contributed by atoms with van der Waals surface area (Å²) in [5.41, 5.74) is 0. The Morgan fingerprint density at radius 3 is 2.74 bits per heavy atom. The van der Waals surface area contributed by atoms with Crippen molar-refractivity contribution in [2.24, 2.45) is 0 Å². The van der Waals surface area contributed by atoms with Gasteiger partial charge in [-0.15, -0.1) is 23.1 Å². The highest BCUT2D eigenvalue weighted by molar-refractivity contribution is 7.99. The van der Waals surface area contributed by atoms with Crippen LogP contribution >= 0.6 is 23.1 Å². The van der Waals surface area contributed by atoms with Gasteiger partial charge < -0.3 is 5.32 Å².